The number of carbonyl (C=O) groups is 3. The van der Waals surface area contributed by atoms with Crippen molar-refractivity contribution in [2.75, 3.05) is 24.4 Å². The van der Waals surface area contributed by atoms with Crippen molar-refractivity contribution in [2.45, 2.75) is 0 Å². The number of hydrogen-bond acceptors (Lipinski definition) is 7. The number of amides is 3. The monoisotopic (exact) mass is 424 g/mol. The summed E-state index contributed by atoms with van der Waals surface area (Å²) in [6.45, 7) is 0. The molecule has 1 atom stereocenters. The largest absolute Gasteiger partial charge is 0.497 e. The molecule has 0 aromatic heterocycles. The van der Waals surface area contributed by atoms with Crippen LogP contribution < -0.4 is 31.2 Å². The number of benzene rings is 2. The first kappa shape index (κ1) is 21.3. The van der Waals surface area contributed by atoms with Crippen molar-refractivity contribution < 1.29 is 23.9 Å². The molecule has 2 aromatic carbocycles. The highest BCUT2D eigenvalue weighted by atomic mass is 16.5. The molecule has 1 aliphatic rings. The van der Waals surface area contributed by atoms with Crippen molar-refractivity contribution in [2.24, 2.45) is 27.6 Å². The molecule has 3 amide bonds. The highest BCUT2D eigenvalue weighted by Crippen LogP contribution is 2.28. The number of carbonyl (C=O) groups excluding carboxylic acids is 3. The highest BCUT2D eigenvalue weighted by Gasteiger charge is 2.50. The normalized spacial score (nSPS) is 16.9. The van der Waals surface area contributed by atoms with E-state index in [-0.39, 0.29) is 5.69 Å². The average Bonchev–Trinajstić information content (AvgIpc) is 3.02. The molecule has 1 fully saturated rings. The standard InChI is InChI=1S/C20H20N6O5/c1-30-13-7-3-11(4-8-13)23-17(27)15-16(24-25-20(21)22)19(29)26(18(15)28)12-5-9-14(31-2)10-6-12/h3-10,15H,1-2H3,(H,23,27)(H4,21,22,25)/b24-16-/t15-/m0/s1. The van der Waals surface area contributed by atoms with Gasteiger partial charge in [0, 0.05) is 5.69 Å². The molecule has 5 N–H and O–H groups in total. The Morgan fingerprint density at radius 1 is 0.968 bits per heavy atom. The Bertz CT molecular complexity index is 1060. The topological polar surface area (TPSA) is 162 Å². The summed E-state index contributed by atoms with van der Waals surface area (Å²) < 4.78 is 10.2. The number of rotatable bonds is 6. The maximum absolute atomic E-state index is 13.1. The SMILES string of the molecule is COc1ccc(NC(=O)[C@H]2C(=O)N(c3ccc(OC)cc3)C(=O)/C2=N\N=C(N)N)cc1. The molecule has 0 spiro atoms. The molecule has 11 nitrogen and oxygen atoms in total. The number of ether oxygens (including phenoxy) is 2. The first-order valence-electron chi connectivity index (χ1n) is 8.99. The maximum Gasteiger partial charge on any atom is 0.282 e. The van der Waals surface area contributed by atoms with Crippen LogP contribution in [-0.4, -0.2) is 43.6 Å². The van der Waals surface area contributed by atoms with Gasteiger partial charge in [-0.25, -0.2) is 4.90 Å². The van der Waals surface area contributed by atoms with Crippen LogP contribution in [-0.2, 0) is 14.4 Å². The van der Waals surface area contributed by atoms with Gasteiger partial charge in [0.2, 0.25) is 11.9 Å². The fraction of sp³-hybridized carbons (Fsp3) is 0.150. The van der Waals surface area contributed by atoms with E-state index in [1.165, 1.54) is 26.4 Å². The van der Waals surface area contributed by atoms with Gasteiger partial charge in [-0.15, -0.1) is 10.2 Å². The summed E-state index contributed by atoms with van der Waals surface area (Å²) in [6.07, 6.45) is 0. The summed E-state index contributed by atoms with van der Waals surface area (Å²) in [5.41, 5.74) is 10.8. The molecule has 0 saturated carbocycles. The van der Waals surface area contributed by atoms with E-state index in [9.17, 15) is 14.4 Å². The van der Waals surface area contributed by atoms with Crippen LogP contribution in [0.2, 0.25) is 0 Å². The molecule has 1 saturated heterocycles. The van der Waals surface area contributed by atoms with Crippen molar-refractivity contribution in [1.29, 1.82) is 0 Å². The molecule has 11 heteroatoms. The zero-order valence-corrected chi connectivity index (χ0v) is 16.7. The zero-order chi connectivity index (χ0) is 22.5. The number of anilines is 2. The molecule has 0 bridgehead atoms. The van der Waals surface area contributed by atoms with Gasteiger partial charge in [0.25, 0.3) is 11.8 Å². The van der Waals surface area contributed by atoms with Gasteiger partial charge in [-0.1, -0.05) is 0 Å². The smallest absolute Gasteiger partial charge is 0.282 e. The molecule has 1 aliphatic heterocycles. The summed E-state index contributed by atoms with van der Waals surface area (Å²) in [7, 11) is 3.00. The Morgan fingerprint density at radius 2 is 1.52 bits per heavy atom. The predicted molar refractivity (Wildman–Crippen MR) is 114 cm³/mol. The minimum Gasteiger partial charge on any atom is -0.497 e. The van der Waals surface area contributed by atoms with Gasteiger partial charge in [0.05, 0.1) is 19.9 Å². The molecule has 2 aromatic rings. The van der Waals surface area contributed by atoms with Crippen molar-refractivity contribution in [3.8, 4) is 11.5 Å². The Labute approximate surface area is 177 Å². The van der Waals surface area contributed by atoms with Crippen LogP contribution in [0.5, 0.6) is 11.5 Å². The summed E-state index contributed by atoms with van der Waals surface area (Å²) in [5, 5.41) is 9.71. The summed E-state index contributed by atoms with van der Waals surface area (Å²) in [6, 6.07) is 12.6. The first-order chi connectivity index (χ1) is 14.8. The van der Waals surface area contributed by atoms with E-state index >= 15 is 0 Å². The summed E-state index contributed by atoms with van der Waals surface area (Å²) in [5.74, 6) is -3.20. The Kier molecular flexibility index (Phi) is 6.15. The van der Waals surface area contributed by atoms with Crippen molar-refractivity contribution >= 4 is 40.8 Å². The molecule has 0 radical (unpaired) electrons. The second kappa shape index (κ2) is 8.95. The Hall–Kier alpha value is -4.41. The number of methoxy groups -OCH3 is 2. The van der Waals surface area contributed by atoms with E-state index in [0.717, 1.165) is 4.90 Å². The average molecular weight is 424 g/mol. The lowest BCUT2D eigenvalue weighted by Gasteiger charge is -2.14. The molecular formula is C20H20N6O5. The quantitative estimate of drug-likeness (QED) is 0.199. The zero-order valence-electron chi connectivity index (χ0n) is 16.7. The minimum atomic E-state index is -1.54. The molecule has 31 heavy (non-hydrogen) atoms. The third-order valence-corrected chi connectivity index (χ3v) is 4.39. The lowest BCUT2D eigenvalue weighted by atomic mass is 10.0. The van der Waals surface area contributed by atoms with Gasteiger partial charge >= 0.3 is 0 Å². The number of nitrogens with two attached hydrogens (primary N) is 2. The fourth-order valence-electron chi connectivity index (χ4n) is 2.90. The van der Waals surface area contributed by atoms with Gasteiger partial charge in [-0.2, -0.15) is 0 Å². The maximum atomic E-state index is 13.1. The summed E-state index contributed by atoms with van der Waals surface area (Å²) >= 11 is 0. The molecule has 1 heterocycles. The van der Waals surface area contributed by atoms with Gasteiger partial charge < -0.3 is 26.3 Å². The van der Waals surface area contributed by atoms with Crippen LogP contribution in [0.3, 0.4) is 0 Å². The van der Waals surface area contributed by atoms with Gasteiger partial charge in [-0.05, 0) is 48.5 Å². The van der Waals surface area contributed by atoms with E-state index in [0.29, 0.717) is 17.2 Å². The van der Waals surface area contributed by atoms with E-state index in [2.05, 4.69) is 15.5 Å². The molecule has 3 rings (SSSR count). The van der Waals surface area contributed by atoms with E-state index in [1.54, 1.807) is 36.4 Å². The fourth-order valence-corrected chi connectivity index (χ4v) is 2.90. The Balaban J connectivity index is 1.95. The van der Waals surface area contributed by atoms with E-state index in [1.807, 2.05) is 0 Å². The first-order valence-corrected chi connectivity index (χ1v) is 8.99. The highest BCUT2D eigenvalue weighted by molar-refractivity contribution is 6.61. The second-order valence-electron chi connectivity index (χ2n) is 6.34. The molecule has 160 valence electrons. The van der Waals surface area contributed by atoms with Gasteiger partial charge in [0.1, 0.15) is 11.5 Å². The third-order valence-electron chi connectivity index (χ3n) is 4.39. The van der Waals surface area contributed by atoms with Crippen molar-refractivity contribution in [3.05, 3.63) is 48.5 Å². The van der Waals surface area contributed by atoms with E-state index < -0.39 is 35.3 Å². The van der Waals surface area contributed by atoms with Crippen LogP contribution >= 0.6 is 0 Å². The predicted octanol–water partition coefficient (Wildman–Crippen LogP) is 0.461. The van der Waals surface area contributed by atoms with Crippen molar-refractivity contribution in [1.82, 2.24) is 0 Å². The molecular weight excluding hydrogens is 404 g/mol. The lowest BCUT2D eigenvalue weighted by Crippen LogP contribution is -2.34. The number of nitrogens with one attached hydrogen (secondary N) is 1. The number of guanidine groups is 1. The van der Waals surface area contributed by atoms with Crippen LogP contribution in [0, 0.1) is 5.92 Å². The van der Waals surface area contributed by atoms with Crippen LogP contribution in [0.15, 0.2) is 58.7 Å². The number of nitrogens with zero attached hydrogens (tertiary/aromatic N) is 3. The molecule has 0 aliphatic carbocycles. The van der Waals surface area contributed by atoms with E-state index in [4.69, 9.17) is 20.9 Å². The number of hydrogen-bond donors (Lipinski definition) is 3. The minimum absolute atomic E-state index is 0.243. The molecule has 0 unspecified atom stereocenters. The van der Waals surface area contributed by atoms with Crippen LogP contribution in [0.25, 0.3) is 0 Å². The second-order valence-corrected chi connectivity index (χ2v) is 6.34. The summed E-state index contributed by atoms with van der Waals surface area (Å²) in [4.78, 5) is 39.7. The van der Waals surface area contributed by atoms with Gasteiger partial charge in [-0.3, -0.25) is 14.4 Å². The van der Waals surface area contributed by atoms with Crippen LogP contribution in [0.1, 0.15) is 0 Å². The van der Waals surface area contributed by atoms with Gasteiger partial charge in [0.15, 0.2) is 11.6 Å². The van der Waals surface area contributed by atoms with Crippen LogP contribution in [0.4, 0.5) is 11.4 Å². The van der Waals surface area contributed by atoms with Crippen molar-refractivity contribution in [3.63, 3.8) is 0 Å². The Morgan fingerprint density at radius 3 is 2.03 bits per heavy atom. The third kappa shape index (κ3) is 4.45. The lowest BCUT2D eigenvalue weighted by molar-refractivity contribution is -0.127. The number of imide groups is 1.